The summed E-state index contributed by atoms with van der Waals surface area (Å²) in [5.41, 5.74) is 1.77. The molecular weight excluding hydrogens is 352 g/mol. The number of alkyl halides is 1. The van der Waals surface area contributed by atoms with Crippen molar-refractivity contribution in [2.24, 2.45) is 0 Å². The maximum absolute atomic E-state index is 11.6. The van der Waals surface area contributed by atoms with Gasteiger partial charge in [0.05, 0.1) is 16.8 Å². The number of carbonyl (C=O) groups excluding carboxylic acids is 1. The summed E-state index contributed by atoms with van der Waals surface area (Å²) in [6.07, 6.45) is 0.584. The van der Waals surface area contributed by atoms with Crippen LogP contribution in [-0.2, 0) is 17.7 Å². The minimum absolute atomic E-state index is 0.391. The zero-order chi connectivity index (χ0) is 15.5. The van der Waals surface area contributed by atoms with Crippen molar-refractivity contribution < 1.29 is 9.53 Å². The van der Waals surface area contributed by atoms with Crippen LogP contribution in [0, 0.1) is 0 Å². The summed E-state index contributed by atoms with van der Waals surface area (Å²) < 4.78 is 6.35. The van der Waals surface area contributed by atoms with Gasteiger partial charge in [0.1, 0.15) is 10.6 Å². The maximum atomic E-state index is 11.6. The molecule has 1 N–H and O–H groups in total. The Morgan fingerprint density at radius 1 is 1.43 bits per heavy atom. The minimum Gasteiger partial charge on any atom is -0.444 e. The summed E-state index contributed by atoms with van der Waals surface area (Å²) in [6.45, 7) is 5.92. The average Bonchev–Trinajstić information content (AvgIpc) is 2.77. The van der Waals surface area contributed by atoms with Crippen LogP contribution in [0.5, 0.6) is 0 Å². The lowest BCUT2D eigenvalue weighted by atomic mass is 10.2. The molecule has 21 heavy (non-hydrogen) atoms. The van der Waals surface area contributed by atoms with Gasteiger partial charge in [-0.1, -0.05) is 22.0 Å². The smallest absolute Gasteiger partial charge is 0.408 e. The van der Waals surface area contributed by atoms with Crippen LogP contribution >= 0.6 is 27.3 Å². The molecule has 2 aromatic rings. The Kier molecular flexibility index (Phi) is 5.22. The van der Waals surface area contributed by atoms with Gasteiger partial charge >= 0.3 is 6.09 Å². The SMILES string of the molecule is CC(C)(C)OC(=O)NCc1nc2ccc(CCBr)cc2s1. The number of hydrogen-bond donors (Lipinski definition) is 1. The molecule has 1 heterocycles. The number of aromatic nitrogens is 1. The lowest BCUT2D eigenvalue weighted by molar-refractivity contribution is 0.0523. The number of rotatable bonds is 4. The number of hydrogen-bond acceptors (Lipinski definition) is 4. The van der Waals surface area contributed by atoms with Crippen molar-refractivity contribution in [3.05, 3.63) is 28.8 Å². The Morgan fingerprint density at radius 3 is 2.86 bits per heavy atom. The average molecular weight is 371 g/mol. The van der Waals surface area contributed by atoms with E-state index in [0.29, 0.717) is 6.54 Å². The van der Waals surface area contributed by atoms with Crippen molar-refractivity contribution in [3.8, 4) is 0 Å². The van der Waals surface area contributed by atoms with Gasteiger partial charge in [0.25, 0.3) is 0 Å². The van der Waals surface area contributed by atoms with Crippen LogP contribution in [0.15, 0.2) is 18.2 Å². The van der Waals surface area contributed by atoms with E-state index < -0.39 is 11.7 Å². The fourth-order valence-electron chi connectivity index (χ4n) is 1.82. The monoisotopic (exact) mass is 370 g/mol. The summed E-state index contributed by atoms with van der Waals surface area (Å²) >= 11 is 5.05. The topological polar surface area (TPSA) is 51.2 Å². The van der Waals surface area contributed by atoms with E-state index in [1.165, 1.54) is 5.56 Å². The predicted octanol–water partition coefficient (Wildman–Crippen LogP) is 4.26. The molecule has 0 aliphatic rings. The molecule has 1 aromatic heterocycles. The Hall–Kier alpha value is -1.14. The molecule has 0 aliphatic carbocycles. The molecule has 0 unspecified atom stereocenters. The molecule has 114 valence electrons. The van der Waals surface area contributed by atoms with Crippen LogP contribution in [-0.4, -0.2) is 22.0 Å². The maximum Gasteiger partial charge on any atom is 0.408 e. The molecule has 0 spiro atoms. The van der Waals surface area contributed by atoms with Gasteiger partial charge in [0.15, 0.2) is 0 Å². The van der Waals surface area contributed by atoms with Crippen LogP contribution in [0.1, 0.15) is 31.3 Å². The predicted molar refractivity (Wildman–Crippen MR) is 90.2 cm³/mol. The molecular formula is C15H19BrN2O2S. The van der Waals surface area contributed by atoms with E-state index in [9.17, 15) is 4.79 Å². The van der Waals surface area contributed by atoms with Gasteiger partial charge in [-0.25, -0.2) is 9.78 Å². The number of amides is 1. The van der Waals surface area contributed by atoms with E-state index in [4.69, 9.17) is 4.74 Å². The molecule has 4 nitrogen and oxygen atoms in total. The Morgan fingerprint density at radius 2 is 2.19 bits per heavy atom. The molecule has 0 aliphatic heterocycles. The van der Waals surface area contributed by atoms with Crippen LogP contribution in [0.4, 0.5) is 4.79 Å². The third-order valence-electron chi connectivity index (χ3n) is 2.66. The number of halogens is 1. The second-order valence-corrected chi connectivity index (χ2v) is 7.61. The fraction of sp³-hybridized carbons (Fsp3) is 0.467. The van der Waals surface area contributed by atoms with Gasteiger partial charge in [-0.2, -0.15) is 0 Å². The first-order valence-corrected chi connectivity index (χ1v) is 8.72. The van der Waals surface area contributed by atoms with Crippen molar-refractivity contribution >= 4 is 43.6 Å². The standard InChI is InChI=1S/C15H19BrN2O2S/c1-15(2,3)20-14(19)17-9-13-18-11-5-4-10(6-7-16)8-12(11)21-13/h4-5,8H,6-7,9H2,1-3H3,(H,17,19). The van der Waals surface area contributed by atoms with E-state index >= 15 is 0 Å². The molecule has 1 amide bonds. The van der Waals surface area contributed by atoms with Crippen molar-refractivity contribution in [2.75, 3.05) is 5.33 Å². The van der Waals surface area contributed by atoms with Crippen molar-refractivity contribution in [2.45, 2.75) is 39.3 Å². The Balaban J connectivity index is 2.01. The first-order valence-electron chi connectivity index (χ1n) is 6.78. The molecule has 0 saturated carbocycles. The van der Waals surface area contributed by atoms with E-state index in [2.05, 4.69) is 38.4 Å². The normalized spacial score (nSPS) is 11.6. The van der Waals surface area contributed by atoms with Gasteiger partial charge in [-0.15, -0.1) is 11.3 Å². The van der Waals surface area contributed by atoms with Gasteiger partial charge in [-0.3, -0.25) is 0 Å². The second-order valence-electron chi connectivity index (χ2n) is 5.70. The van der Waals surface area contributed by atoms with E-state index in [1.54, 1.807) is 11.3 Å². The van der Waals surface area contributed by atoms with Crippen LogP contribution in [0.2, 0.25) is 0 Å². The number of fused-ring (bicyclic) bond motifs is 1. The van der Waals surface area contributed by atoms with Crippen LogP contribution in [0.25, 0.3) is 10.2 Å². The number of aryl methyl sites for hydroxylation is 1. The number of thiazole rings is 1. The highest BCUT2D eigenvalue weighted by Crippen LogP contribution is 2.23. The number of benzene rings is 1. The molecule has 0 atom stereocenters. The zero-order valence-corrected chi connectivity index (χ0v) is 14.8. The fourth-order valence-corrected chi connectivity index (χ4v) is 3.25. The van der Waals surface area contributed by atoms with Gasteiger partial charge < -0.3 is 10.1 Å². The summed E-state index contributed by atoms with van der Waals surface area (Å²) in [5.74, 6) is 0. The first-order chi connectivity index (χ1) is 9.87. The summed E-state index contributed by atoms with van der Waals surface area (Å²) in [5, 5.41) is 4.57. The summed E-state index contributed by atoms with van der Waals surface area (Å²) in [7, 11) is 0. The number of nitrogens with one attached hydrogen (secondary N) is 1. The highest BCUT2D eigenvalue weighted by atomic mass is 79.9. The minimum atomic E-state index is -0.484. The van der Waals surface area contributed by atoms with E-state index in [1.807, 2.05) is 26.8 Å². The van der Waals surface area contributed by atoms with Gasteiger partial charge in [0, 0.05) is 5.33 Å². The molecule has 2 rings (SSSR count). The molecule has 0 saturated heterocycles. The van der Waals surface area contributed by atoms with E-state index in [-0.39, 0.29) is 0 Å². The molecule has 0 bridgehead atoms. The van der Waals surface area contributed by atoms with Crippen LogP contribution in [0.3, 0.4) is 0 Å². The molecule has 1 aromatic carbocycles. The second kappa shape index (κ2) is 6.75. The number of alkyl carbamates (subject to hydrolysis) is 1. The number of carbonyl (C=O) groups is 1. The number of nitrogens with zero attached hydrogens (tertiary/aromatic N) is 1. The Bertz CT molecular complexity index is 634. The van der Waals surface area contributed by atoms with Crippen LogP contribution < -0.4 is 5.32 Å². The third kappa shape index (κ3) is 4.97. The van der Waals surface area contributed by atoms with Crippen molar-refractivity contribution in [1.29, 1.82) is 0 Å². The number of ether oxygens (including phenoxy) is 1. The van der Waals surface area contributed by atoms with Crippen molar-refractivity contribution in [3.63, 3.8) is 0 Å². The van der Waals surface area contributed by atoms with Gasteiger partial charge in [0.2, 0.25) is 0 Å². The van der Waals surface area contributed by atoms with Crippen molar-refractivity contribution in [1.82, 2.24) is 10.3 Å². The lowest BCUT2D eigenvalue weighted by Gasteiger charge is -2.19. The van der Waals surface area contributed by atoms with Gasteiger partial charge in [-0.05, 0) is 44.9 Å². The summed E-state index contributed by atoms with van der Waals surface area (Å²) in [6, 6.07) is 6.28. The molecule has 6 heteroatoms. The first kappa shape index (κ1) is 16.2. The van der Waals surface area contributed by atoms with E-state index in [0.717, 1.165) is 27.0 Å². The quantitative estimate of drug-likeness (QED) is 0.818. The zero-order valence-electron chi connectivity index (χ0n) is 12.4. The third-order valence-corrected chi connectivity index (χ3v) is 4.08. The summed E-state index contributed by atoms with van der Waals surface area (Å²) in [4.78, 5) is 16.1. The highest BCUT2D eigenvalue weighted by molar-refractivity contribution is 9.09. The Labute approximate surface area is 137 Å². The largest absolute Gasteiger partial charge is 0.444 e. The highest BCUT2D eigenvalue weighted by Gasteiger charge is 2.16. The lowest BCUT2D eigenvalue weighted by Crippen LogP contribution is -2.32. The molecule has 0 radical (unpaired) electrons. The molecule has 0 fully saturated rings.